The molecule has 0 bridgehead atoms. The number of aliphatic hydroxyl groups excluding tert-OH is 1. The van der Waals surface area contributed by atoms with E-state index in [9.17, 15) is 0 Å². The van der Waals surface area contributed by atoms with Crippen molar-refractivity contribution in [2.75, 3.05) is 13.7 Å². The van der Waals surface area contributed by atoms with Crippen LogP contribution in [0, 0.1) is 6.92 Å². The summed E-state index contributed by atoms with van der Waals surface area (Å²) in [7, 11) is 1.70. The number of hydrogen-bond acceptors (Lipinski definition) is 3. The molecule has 1 atom stereocenters. The molecule has 0 spiro atoms. The minimum Gasteiger partial charge on any atom is -0.496 e. The summed E-state index contributed by atoms with van der Waals surface area (Å²) >= 11 is 0. The van der Waals surface area contributed by atoms with Crippen LogP contribution in [0.5, 0.6) is 11.5 Å². The van der Waals surface area contributed by atoms with Crippen LogP contribution in [0.2, 0.25) is 0 Å². The fourth-order valence-corrected chi connectivity index (χ4v) is 2.47. The number of aliphatic hydroxyl groups is 1. The number of hydrogen-bond donors (Lipinski definition) is 1. The number of fused-ring (bicyclic) bond motifs is 1. The third kappa shape index (κ3) is 3.10. The average molecular weight is 262 g/mol. The molecule has 0 aliphatic carbocycles. The molecule has 1 aromatic carbocycles. The number of ether oxygens (including phenoxy) is 2. The molecule has 1 heterocycles. The van der Waals surface area contributed by atoms with E-state index in [1.165, 1.54) is 0 Å². The first kappa shape index (κ1) is 13.9. The van der Waals surface area contributed by atoms with Crippen LogP contribution in [0.4, 0.5) is 0 Å². The minimum atomic E-state index is -0.291. The standard InChI is InChI=1S/C16H22O3/c1-12-10-14(18-3)13-6-8-16(2,7-4-5-9-17)19-15(13)11-12/h4,7,10-11,17H,5-6,8-9H2,1-3H3/b7-4+/t16-/m0/s1. The Morgan fingerprint density at radius 2 is 2.26 bits per heavy atom. The average Bonchev–Trinajstić information content (AvgIpc) is 2.37. The Hall–Kier alpha value is -1.48. The second-order valence-corrected chi connectivity index (χ2v) is 5.27. The highest BCUT2D eigenvalue weighted by molar-refractivity contribution is 5.49. The molecule has 0 saturated heterocycles. The van der Waals surface area contributed by atoms with Gasteiger partial charge in [-0.3, -0.25) is 0 Å². The molecule has 2 rings (SSSR count). The lowest BCUT2D eigenvalue weighted by Crippen LogP contribution is -2.34. The van der Waals surface area contributed by atoms with E-state index in [4.69, 9.17) is 14.6 Å². The van der Waals surface area contributed by atoms with Crippen molar-refractivity contribution in [3.05, 3.63) is 35.4 Å². The van der Waals surface area contributed by atoms with E-state index in [1.54, 1.807) is 7.11 Å². The third-order valence-corrected chi connectivity index (χ3v) is 3.51. The van der Waals surface area contributed by atoms with Crippen molar-refractivity contribution in [1.29, 1.82) is 0 Å². The van der Waals surface area contributed by atoms with E-state index in [2.05, 4.69) is 19.1 Å². The first-order valence-corrected chi connectivity index (χ1v) is 6.73. The summed E-state index contributed by atoms with van der Waals surface area (Å²) in [6, 6.07) is 4.11. The van der Waals surface area contributed by atoms with Gasteiger partial charge in [0, 0.05) is 12.2 Å². The van der Waals surface area contributed by atoms with Crippen LogP contribution in [-0.4, -0.2) is 24.4 Å². The molecule has 0 radical (unpaired) electrons. The normalized spacial score (nSPS) is 22.1. The molecular formula is C16H22O3. The first-order valence-electron chi connectivity index (χ1n) is 6.73. The van der Waals surface area contributed by atoms with E-state index >= 15 is 0 Å². The molecule has 1 aliphatic heterocycles. The second kappa shape index (κ2) is 5.66. The Morgan fingerprint density at radius 3 is 2.95 bits per heavy atom. The van der Waals surface area contributed by atoms with Crippen LogP contribution in [0.1, 0.15) is 30.9 Å². The maximum Gasteiger partial charge on any atom is 0.127 e. The largest absolute Gasteiger partial charge is 0.496 e. The molecule has 1 aromatic rings. The zero-order valence-corrected chi connectivity index (χ0v) is 11.9. The molecule has 0 unspecified atom stereocenters. The Balaban J connectivity index is 2.26. The van der Waals surface area contributed by atoms with Crippen LogP contribution >= 0.6 is 0 Å². The highest BCUT2D eigenvalue weighted by Gasteiger charge is 2.30. The molecule has 104 valence electrons. The fourth-order valence-electron chi connectivity index (χ4n) is 2.47. The lowest BCUT2D eigenvalue weighted by Gasteiger charge is -2.34. The van der Waals surface area contributed by atoms with Crippen molar-refractivity contribution in [3.63, 3.8) is 0 Å². The SMILES string of the molecule is COc1cc(C)cc2c1CC[C@](C)(/C=C/CCO)O2. The van der Waals surface area contributed by atoms with Gasteiger partial charge in [-0.25, -0.2) is 0 Å². The summed E-state index contributed by atoms with van der Waals surface area (Å²) in [5.41, 5.74) is 2.00. The number of rotatable bonds is 4. The van der Waals surface area contributed by atoms with Crippen LogP contribution in [0.15, 0.2) is 24.3 Å². The van der Waals surface area contributed by atoms with Crippen LogP contribution in [-0.2, 0) is 6.42 Å². The van der Waals surface area contributed by atoms with Crippen molar-refractivity contribution in [2.24, 2.45) is 0 Å². The molecule has 3 heteroatoms. The lowest BCUT2D eigenvalue weighted by atomic mass is 9.91. The highest BCUT2D eigenvalue weighted by atomic mass is 16.5. The van der Waals surface area contributed by atoms with Gasteiger partial charge in [0.25, 0.3) is 0 Å². The summed E-state index contributed by atoms with van der Waals surface area (Å²) < 4.78 is 11.6. The molecule has 3 nitrogen and oxygen atoms in total. The highest BCUT2D eigenvalue weighted by Crippen LogP contribution is 2.39. The van der Waals surface area contributed by atoms with E-state index in [1.807, 2.05) is 19.1 Å². The summed E-state index contributed by atoms with van der Waals surface area (Å²) in [6.07, 6.45) is 6.57. The number of methoxy groups -OCH3 is 1. The quantitative estimate of drug-likeness (QED) is 0.848. The summed E-state index contributed by atoms with van der Waals surface area (Å²) in [5, 5.41) is 8.83. The first-order chi connectivity index (χ1) is 9.08. The molecule has 19 heavy (non-hydrogen) atoms. The monoisotopic (exact) mass is 262 g/mol. The topological polar surface area (TPSA) is 38.7 Å². The van der Waals surface area contributed by atoms with Gasteiger partial charge in [0.2, 0.25) is 0 Å². The van der Waals surface area contributed by atoms with Gasteiger partial charge in [-0.15, -0.1) is 0 Å². The molecule has 0 fully saturated rings. The van der Waals surface area contributed by atoms with Gasteiger partial charge in [-0.2, -0.15) is 0 Å². The van der Waals surface area contributed by atoms with Gasteiger partial charge in [0.15, 0.2) is 0 Å². The second-order valence-electron chi connectivity index (χ2n) is 5.27. The van der Waals surface area contributed by atoms with Gasteiger partial charge >= 0.3 is 0 Å². The smallest absolute Gasteiger partial charge is 0.127 e. The van der Waals surface area contributed by atoms with Gasteiger partial charge in [0.05, 0.1) is 7.11 Å². The van der Waals surface area contributed by atoms with Crippen molar-refractivity contribution < 1.29 is 14.6 Å². The molecule has 0 aromatic heterocycles. The Morgan fingerprint density at radius 1 is 1.47 bits per heavy atom. The molecule has 1 N–H and O–H groups in total. The number of aryl methyl sites for hydroxylation is 1. The molecule has 0 amide bonds. The van der Waals surface area contributed by atoms with E-state index in [-0.39, 0.29) is 12.2 Å². The Kier molecular flexibility index (Phi) is 4.15. The zero-order valence-electron chi connectivity index (χ0n) is 11.9. The van der Waals surface area contributed by atoms with E-state index < -0.39 is 0 Å². The summed E-state index contributed by atoms with van der Waals surface area (Å²) in [6.45, 7) is 4.30. The Labute approximate surface area is 114 Å². The maximum absolute atomic E-state index is 8.83. The lowest BCUT2D eigenvalue weighted by molar-refractivity contribution is 0.112. The maximum atomic E-state index is 8.83. The van der Waals surface area contributed by atoms with Gasteiger partial charge in [-0.05, 0) is 56.9 Å². The summed E-state index contributed by atoms with van der Waals surface area (Å²) in [5.74, 6) is 1.83. The molecular weight excluding hydrogens is 240 g/mol. The third-order valence-electron chi connectivity index (χ3n) is 3.51. The predicted molar refractivity (Wildman–Crippen MR) is 75.9 cm³/mol. The van der Waals surface area contributed by atoms with Crippen molar-refractivity contribution in [1.82, 2.24) is 0 Å². The van der Waals surface area contributed by atoms with Gasteiger partial charge < -0.3 is 14.6 Å². The van der Waals surface area contributed by atoms with Gasteiger partial charge in [0.1, 0.15) is 17.1 Å². The minimum absolute atomic E-state index is 0.177. The molecule has 0 saturated carbocycles. The van der Waals surface area contributed by atoms with Crippen LogP contribution < -0.4 is 9.47 Å². The van der Waals surface area contributed by atoms with Crippen molar-refractivity contribution in [2.45, 2.75) is 38.7 Å². The van der Waals surface area contributed by atoms with Gasteiger partial charge in [-0.1, -0.05) is 6.08 Å². The summed E-state index contributed by atoms with van der Waals surface area (Å²) in [4.78, 5) is 0. The van der Waals surface area contributed by atoms with E-state index in [0.29, 0.717) is 6.42 Å². The number of benzene rings is 1. The van der Waals surface area contributed by atoms with Crippen LogP contribution in [0.25, 0.3) is 0 Å². The van der Waals surface area contributed by atoms with Crippen molar-refractivity contribution in [3.8, 4) is 11.5 Å². The molecule has 1 aliphatic rings. The predicted octanol–water partition coefficient (Wildman–Crippen LogP) is 3.03. The van der Waals surface area contributed by atoms with E-state index in [0.717, 1.165) is 35.5 Å². The zero-order chi connectivity index (χ0) is 13.9. The fraction of sp³-hybridized carbons (Fsp3) is 0.500. The van der Waals surface area contributed by atoms with Crippen LogP contribution in [0.3, 0.4) is 0 Å². The Bertz CT molecular complexity index is 479. The van der Waals surface area contributed by atoms with Crippen molar-refractivity contribution >= 4 is 0 Å².